The van der Waals surface area contributed by atoms with Crippen molar-refractivity contribution in [2.75, 3.05) is 19.8 Å². The number of aliphatic hydroxyl groups excluding tert-OH is 1. The SMILES string of the molecule is CCCCCCCCCCCCOCCCC(OP(=O)(O)O)C(O)(O)CO. The number of phosphoric acid groups is 1. The molecule has 0 radical (unpaired) electrons. The molecule has 0 saturated heterocycles. The molecule has 1 atom stereocenters. The van der Waals surface area contributed by atoms with Crippen LogP contribution in [0, 0.1) is 0 Å². The quantitative estimate of drug-likeness (QED) is 0.124. The van der Waals surface area contributed by atoms with Crippen molar-refractivity contribution in [2.45, 2.75) is 95.9 Å². The summed E-state index contributed by atoms with van der Waals surface area (Å²) in [5.74, 6) is -2.71. The first-order valence-electron chi connectivity index (χ1n) is 10.1. The molecule has 0 rings (SSSR count). The third-order valence-electron chi connectivity index (χ3n) is 4.41. The zero-order valence-corrected chi connectivity index (χ0v) is 17.5. The predicted octanol–water partition coefficient (Wildman–Crippen LogP) is 2.86. The maximum atomic E-state index is 10.9. The van der Waals surface area contributed by atoms with E-state index in [-0.39, 0.29) is 6.42 Å². The molecule has 0 aromatic carbocycles. The van der Waals surface area contributed by atoms with E-state index >= 15 is 0 Å². The Labute approximate surface area is 163 Å². The van der Waals surface area contributed by atoms with Crippen LogP contribution in [0.5, 0.6) is 0 Å². The normalized spacial score (nSPS) is 13.9. The smallest absolute Gasteiger partial charge is 0.391 e. The van der Waals surface area contributed by atoms with Crippen LogP contribution in [0.3, 0.4) is 0 Å². The maximum Gasteiger partial charge on any atom is 0.470 e. The Bertz CT molecular complexity index is 386. The van der Waals surface area contributed by atoms with E-state index in [1.165, 1.54) is 51.4 Å². The van der Waals surface area contributed by atoms with Crippen molar-refractivity contribution in [3.05, 3.63) is 0 Å². The Balaban J connectivity index is 3.64. The molecule has 0 amide bonds. The van der Waals surface area contributed by atoms with Crippen LogP contribution in [0.1, 0.15) is 84.0 Å². The standard InChI is InChI=1S/C18H39O8P/c1-2-3-4-5-6-7-8-9-10-11-14-25-15-12-13-17(18(20,21)16-19)26-27(22,23)24/h17,19-21H,2-16H2,1H3,(H2,22,23,24). The van der Waals surface area contributed by atoms with E-state index in [1.807, 2.05) is 0 Å². The Morgan fingerprint density at radius 3 is 1.81 bits per heavy atom. The van der Waals surface area contributed by atoms with Gasteiger partial charge in [-0.2, -0.15) is 0 Å². The highest BCUT2D eigenvalue weighted by Gasteiger charge is 2.38. The molecule has 164 valence electrons. The van der Waals surface area contributed by atoms with Crippen molar-refractivity contribution in [3.8, 4) is 0 Å². The van der Waals surface area contributed by atoms with Gasteiger partial charge in [-0.1, -0.05) is 64.7 Å². The summed E-state index contributed by atoms with van der Waals surface area (Å²) in [7, 11) is -4.89. The Morgan fingerprint density at radius 1 is 0.852 bits per heavy atom. The average molecular weight is 414 g/mol. The number of hydrogen-bond acceptors (Lipinski definition) is 6. The molecule has 8 nitrogen and oxygen atoms in total. The van der Waals surface area contributed by atoms with E-state index in [0.29, 0.717) is 19.6 Å². The van der Waals surface area contributed by atoms with Gasteiger partial charge in [0.2, 0.25) is 5.79 Å². The van der Waals surface area contributed by atoms with E-state index < -0.39 is 26.3 Å². The first-order valence-corrected chi connectivity index (χ1v) is 11.6. The summed E-state index contributed by atoms with van der Waals surface area (Å²) in [5.41, 5.74) is 0. The molecule has 27 heavy (non-hydrogen) atoms. The summed E-state index contributed by atoms with van der Waals surface area (Å²) < 4.78 is 20.7. The van der Waals surface area contributed by atoms with Crippen LogP contribution < -0.4 is 0 Å². The minimum absolute atomic E-state index is 0.0588. The molecule has 0 aromatic heterocycles. The van der Waals surface area contributed by atoms with E-state index in [4.69, 9.17) is 19.6 Å². The van der Waals surface area contributed by atoms with Crippen molar-refractivity contribution in [1.29, 1.82) is 0 Å². The van der Waals surface area contributed by atoms with Crippen LogP contribution in [0.15, 0.2) is 0 Å². The fourth-order valence-corrected chi connectivity index (χ4v) is 3.41. The average Bonchev–Trinajstić information content (AvgIpc) is 2.60. The van der Waals surface area contributed by atoms with Gasteiger partial charge in [0, 0.05) is 13.2 Å². The highest BCUT2D eigenvalue weighted by atomic mass is 31.2. The lowest BCUT2D eigenvalue weighted by molar-refractivity contribution is -0.241. The summed E-state index contributed by atoms with van der Waals surface area (Å²) >= 11 is 0. The molecule has 1 unspecified atom stereocenters. The molecule has 0 aromatic rings. The Kier molecular flexibility index (Phi) is 15.8. The number of hydrogen-bond donors (Lipinski definition) is 5. The van der Waals surface area contributed by atoms with Gasteiger partial charge in [0.25, 0.3) is 0 Å². The zero-order chi connectivity index (χ0) is 20.6. The third-order valence-corrected chi connectivity index (χ3v) is 4.94. The summed E-state index contributed by atoms with van der Waals surface area (Å²) in [6, 6.07) is 0. The van der Waals surface area contributed by atoms with Gasteiger partial charge in [-0.15, -0.1) is 0 Å². The number of rotatable bonds is 19. The molecule has 9 heteroatoms. The molecule has 0 spiro atoms. The Hall–Kier alpha value is -0.0500. The lowest BCUT2D eigenvalue weighted by Gasteiger charge is -2.29. The lowest BCUT2D eigenvalue weighted by atomic mass is 10.1. The molecule has 5 N–H and O–H groups in total. The summed E-state index contributed by atoms with van der Waals surface area (Å²) in [5, 5.41) is 28.0. The van der Waals surface area contributed by atoms with Crippen LogP contribution in [-0.2, 0) is 13.8 Å². The van der Waals surface area contributed by atoms with Crippen LogP contribution in [0.25, 0.3) is 0 Å². The monoisotopic (exact) mass is 414 g/mol. The molecule has 0 fully saturated rings. The molecule has 0 aliphatic carbocycles. The second-order valence-corrected chi connectivity index (χ2v) is 8.25. The van der Waals surface area contributed by atoms with Crippen LogP contribution in [0.2, 0.25) is 0 Å². The van der Waals surface area contributed by atoms with Gasteiger partial charge in [-0.3, -0.25) is 4.52 Å². The van der Waals surface area contributed by atoms with Crippen molar-refractivity contribution < 1.29 is 38.9 Å². The number of ether oxygens (including phenoxy) is 1. The lowest BCUT2D eigenvalue weighted by Crippen LogP contribution is -2.46. The van der Waals surface area contributed by atoms with Gasteiger partial charge in [-0.25, -0.2) is 4.57 Å². The van der Waals surface area contributed by atoms with Crippen molar-refractivity contribution >= 4 is 7.82 Å². The molecule has 0 saturated carbocycles. The minimum atomic E-state index is -4.89. The van der Waals surface area contributed by atoms with Gasteiger partial charge in [-0.05, 0) is 19.3 Å². The summed E-state index contributed by atoms with van der Waals surface area (Å²) in [6.07, 6.45) is 11.1. The number of phosphoric ester groups is 1. The van der Waals surface area contributed by atoms with Crippen LogP contribution >= 0.6 is 7.82 Å². The van der Waals surface area contributed by atoms with Crippen molar-refractivity contribution in [2.24, 2.45) is 0 Å². The molecule has 0 aliphatic rings. The first-order chi connectivity index (χ1) is 12.7. The molecule has 0 aliphatic heterocycles. The van der Waals surface area contributed by atoms with Gasteiger partial charge >= 0.3 is 7.82 Å². The van der Waals surface area contributed by atoms with Crippen LogP contribution in [0.4, 0.5) is 0 Å². The van der Waals surface area contributed by atoms with Crippen molar-refractivity contribution in [1.82, 2.24) is 0 Å². The number of aliphatic hydroxyl groups is 3. The largest absolute Gasteiger partial charge is 0.470 e. The Morgan fingerprint density at radius 2 is 1.33 bits per heavy atom. The maximum absolute atomic E-state index is 10.9. The fourth-order valence-electron chi connectivity index (χ4n) is 2.80. The van der Waals surface area contributed by atoms with Gasteiger partial charge in [0.05, 0.1) is 6.61 Å². The molecule has 0 bridgehead atoms. The molecular weight excluding hydrogens is 375 g/mol. The summed E-state index contributed by atoms with van der Waals surface area (Å²) in [6.45, 7) is 2.05. The second-order valence-electron chi connectivity index (χ2n) is 7.06. The topological polar surface area (TPSA) is 137 Å². The number of unbranched alkanes of at least 4 members (excludes halogenated alkanes) is 9. The van der Waals surface area contributed by atoms with Gasteiger partial charge in [0.15, 0.2) is 0 Å². The van der Waals surface area contributed by atoms with E-state index in [2.05, 4.69) is 11.4 Å². The third kappa shape index (κ3) is 16.6. The van der Waals surface area contributed by atoms with E-state index in [9.17, 15) is 14.8 Å². The highest BCUT2D eigenvalue weighted by Crippen LogP contribution is 2.40. The first kappa shape index (κ1) is 27.0. The molecular formula is C18H39O8P. The van der Waals surface area contributed by atoms with E-state index in [1.54, 1.807) is 0 Å². The highest BCUT2D eigenvalue weighted by molar-refractivity contribution is 7.46. The van der Waals surface area contributed by atoms with E-state index in [0.717, 1.165) is 12.8 Å². The van der Waals surface area contributed by atoms with Gasteiger partial charge in [0.1, 0.15) is 6.10 Å². The fraction of sp³-hybridized carbons (Fsp3) is 1.00. The van der Waals surface area contributed by atoms with Crippen molar-refractivity contribution in [3.63, 3.8) is 0 Å². The van der Waals surface area contributed by atoms with Crippen LogP contribution in [-0.4, -0.2) is 56.8 Å². The minimum Gasteiger partial charge on any atom is -0.391 e. The second kappa shape index (κ2) is 15.8. The zero-order valence-electron chi connectivity index (χ0n) is 16.6. The predicted molar refractivity (Wildman–Crippen MR) is 103 cm³/mol. The molecule has 0 heterocycles. The van der Waals surface area contributed by atoms with Gasteiger partial charge < -0.3 is 29.8 Å². The summed E-state index contributed by atoms with van der Waals surface area (Å²) in [4.78, 5) is 17.6.